The quantitative estimate of drug-likeness (QED) is 0.730. The van der Waals surface area contributed by atoms with E-state index < -0.39 is 17.5 Å². The molecule has 0 aliphatic carbocycles. The summed E-state index contributed by atoms with van der Waals surface area (Å²) in [6, 6.07) is 8.90. The highest BCUT2D eigenvalue weighted by atomic mass is 19.1. The summed E-state index contributed by atoms with van der Waals surface area (Å²) in [5, 5.41) is 5.47. The first-order valence-corrected chi connectivity index (χ1v) is 7.85. The number of anilines is 3. The minimum atomic E-state index is -0.747. The smallest absolute Gasteiger partial charge is 0.275 e. The molecule has 0 radical (unpaired) electrons. The van der Waals surface area contributed by atoms with Gasteiger partial charge in [-0.15, -0.1) is 0 Å². The van der Waals surface area contributed by atoms with Gasteiger partial charge < -0.3 is 10.6 Å². The summed E-state index contributed by atoms with van der Waals surface area (Å²) in [5.41, 5.74) is 2.84. The first-order valence-electron chi connectivity index (χ1n) is 7.85. The SMILES string of the molecule is Cc1ccc(C)c(NC(=O)c2cnc(Nc3ccc(F)cc3F)cn2)c1. The molecule has 0 aliphatic rings. The lowest BCUT2D eigenvalue weighted by Gasteiger charge is -2.10. The summed E-state index contributed by atoms with van der Waals surface area (Å²) in [6.07, 6.45) is 2.59. The van der Waals surface area contributed by atoms with Crippen molar-refractivity contribution in [2.24, 2.45) is 0 Å². The molecule has 0 bridgehead atoms. The number of carbonyl (C=O) groups is 1. The van der Waals surface area contributed by atoms with Crippen molar-refractivity contribution in [1.29, 1.82) is 0 Å². The van der Waals surface area contributed by atoms with Gasteiger partial charge in [-0.2, -0.15) is 0 Å². The van der Waals surface area contributed by atoms with E-state index in [4.69, 9.17) is 0 Å². The largest absolute Gasteiger partial charge is 0.337 e. The highest BCUT2D eigenvalue weighted by molar-refractivity contribution is 6.03. The van der Waals surface area contributed by atoms with Crippen LogP contribution in [-0.2, 0) is 0 Å². The zero-order valence-electron chi connectivity index (χ0n) is 14.2. The van der Waals surface area contributed by atoms with Crippen LogP contribution in [0.2, 0.25) is 0 Å². The number of aromatic nitrogens is 2. The number of amides is 1. The monoisotopic (exact) mass is 354 g/mol. The maximum absolute atomic E-state index is 13.6. The molecule has 3 rings (SSSR count). The van der Waals surface area contributed by atoms with E-state index in [1.807, 2.05) is 32.0 Å². The topological polar surface area (TPSA) is 66.9 Å². The minimum absolute atomic E-state index is 0.0632. The molecule has 0 unspecified atom stereocenters. The first-order chi connectivity index (χ1) is 12.4. The number of nitrogens with one attached hydrogen (secondary N) is 2. The second-order valence-electron chi connectivity index (χ2n) is 5.81. The number of carbonyl (C=O) groups excluding carboxylic acids is 1. The molecule has 2 aromatic carbocycles. The number of nitrogens with zero attached hydrogens (tertiary/aromatic N) is 2. The summed E-state index contributed by atoms with van der Waals surface area (Å²) >= 11 is 0. The summed E-state index contributed by atoms with van der Waals surface area (Å²) in [7, 11) is 0. The van der Waals surface area contributed by atoms with Gasteiger partial charge in [0.05, 0.1) is 18.1 Å². The van der Waals surface area contributed by atoms with E-state index in [0.717, 1.165) is 23.3 Å². The van der Waals surface area contributed by atoms with Crippen LogP contribution in [0, 0.1) is 25.5 Å². The third-order valence-electron chi connectivity index (χ3n) is 3.72. The minimum Gasteiger partial charge on any atom is -0.337 e. The first kappa shape index (κ1) is 17.5. The predicted octanol–water partition coefficient (Wildman–Crippen LogP) is 4.37. The average molecular weight is 354 g/mol. The van der Waals surface area contributed by atoms with Gasteiger partial charge in [-0.3, -0.25) is 4.79 Å². The number of hydrogen-bond acceptors (Lipinski definition) is 4. The van der Waals surface area contributed by atoms with E-state index in [9.17, 15) is 13.6 Å². The number of aryl methyl sites for hydroxylation is 2. The van der Waals surface area contributed by atoms with Crippen LogP contribution in [0.3, 0.4) is 0 Å². The van der Waals surface area contributed by atoms with Crippen molar-refractivity contribution in [3.8, 4) is 0 Å². The summed E-state index contributed by atoms with van der Waals surface area (Å²) in [4.78, 5) is 20.4. The maximum atomic E-state index is 13.6. The Kier molecular flexibility index (Phi) is 4.88. The van der Waals surface area contributed by atoms with Gasteiger partial charge in [0.2, 0.25) is 0 Å². The molecular formula is C19H16F2N4O. The number of hydrogen-bond donors (Lipinski definition) is 2. The molecule has 3 aromatic rings. The molecule has 5 nitrogen and oxygen atoms in total. The van der Waals surface area contributed by atoms with E-state index >= 15 is 0 Å². The van der Waals surface area contributed by atoms with Crippen LogP contribution < -0.4 is 10.6 Å². The highest BCUT2D eigenvalue weighted by Crippen LogP contribution is 2.20. The Morgan fingerprint density at radius 1 is 0.962 bits per heavy atom. The summed E-state index contributed by atoms with van der Waals surface area (Å²) in [6.45, 7) is 3.83. The molecule has 1 aromatic heterocycles. The van der Waals surface area contributed by atoms with Gasteiger partial charge in [0, 0.05) is 11.8 Å². The predicted molar refractivity (Wildman–Crippen MR) is 95.5 cm³/mol. The lowest BCUT2D eigenvalue weighted by molar-refractivity contribution is 0.102. The van der Waals surface area contributed by atoms with Gasteiger partial charge >= 0.3 is 0 Å². The Labute approximate surface area is 149 Å². The zero-order valence-corrected chi connectivity index (χ0v) is 14.2. The standard InChI is InChI=1S/C19H16F2N4O/c1-11-3-4-12(2)16(7-11)25-19(26)17-9-23-18(10-22-17)24-15-6-5-13(20)8-14(15)21/h3-10H,1-2H3,(H,23,24)(H,25,26). The van der Waals surface area contributed by atoms with E-state index in [2.05, 4.69) is 20.6 Å². The molecule has 0 saturated carbocycles. The van der Waals surface area contributed by atoms with Crippen molar-refractivity contribution in [2.75, 3.05) is 10.6 Å². The Bertz CT molecular complexity index is 958. The summed E-state index contributed by atoms with van der Waals surface area (Å²) in [5.74, 6) is -1.58. The van der Waals surface area contributed by atoms with E-state index in [1.165, 1.54) is 18.5 Å². The van der Waals surface area contributed by atoms with E-state index in [0.29, 0.717) is 5.69 Å². The normalized spacial score (nSPS) is 10.5. The fraction of sp³-hybridized carbons (Fsp3) is 0.105. The fourth-order valence-corrected chi connectivity index (χ4v) is 2.30. The van der Waals surface area contributed by atoms with Crippen LogP contribution in [0.1, 0.15) is 21.6 Å². The van der Waals surface area contributed by atoms with Gasteiger partial charge in [-0.05, 0) is 43.2 Å². The third kappa shape index (κ3) is 4.00. The van der Waals surface area contributed by atoms with Gasteiger partial charge in [0.1, 0.15) is 23.1 Å². The molecule has 7 heteroatoms. The molecule has 132 valence electrons. The third-order valence-corrected chi connectivity index (χ3v) is 3.72. The molecule has 26 heavy (non-hydrogen) atoms. The van der Waals surface area contributed by atoms with Gasteiger partial charge in [-0.1, -0.05) is 12.1 Å². The number of halogens is 2. The van der Waals surface area contributed by atoms with Crippen molar-refractivity contribution in [3.05, 3.63) is 77.2 Å². The Balaban J connectivity index is 1.72. The van der Waals surface area contributed by atoms with Crippen molar-refractivity contribution in [2.45, 2.75) is 13.8 Å². The van der Waals surface area contributed by atoms with Crippen molar-refractivity contribution < 1.29 is 13.6 Å². The van der Waals surface area contributed by atoms with Crippen molar-refractivity contribution in [1.82, 2.24) is 9.97 Å². The van der Waals surface area contributed by atoms with Crippen LogP contribution >= 0.6 is 0 Å². The summed E-state index contributed by atoms with van der Waals surface area (Å²) < 4.78 is 26.6. The van der Waals surface area contributed by atoms with Crippen LogP contribution in [0.5, 0.6) is 0 Å². The van der Waals surface area contributed by atoms with Crippen LogP contribution in [0.25, 0.3) is 0 Å². The fourth-order valence-electron chi connectivity index (χ4n) is 2.30. The second kappa shape index (κ2) is 7.26. The number of benzene rings is 2. The molecule has 0 atom stereocenters. The molecule has 1 amide bonds. The van der Waals surface area contributed by atoms with Crippen LogP contribution in [0.15, 0.2) is 48.8 Å². The Morgan fingerprint density at radius 2 is 1.77 bits per heavy atom. The lowest BCUT2D eigenvalue weighted by Crippen LogP contribution is -2.15. The van der Waals surface area contributed by atoms with Gasteiger partial charge in [0.25, 0.3) is 5.91 Å². The molecule has 0 aliphatic heterocycles. The van der Waals surface area contributed by atoms with Crippen molar-refractivity contribution >= 4 is 23.1 Å². The molecule has 0 spiro atoms. The second-order valence-corrected chi connectivity index (χ2v) is 5.81. The highest BCUT2D eigenvalue weighted by Gasteiger charge is 2.11. The lowest BCUT2D eigenvalue weighted by atomic mass is 10.1. The van der Waals surface area contributed by atoms with Crippen LogP contribution in [0.4, 0.5) is 26.0 Å². The zero-order chi connectivity index (χ0) is 18.7. The van der Waals surface area contributed by atoms with E-state index in [-0.39, 0.29) is 17.2 Å². The Morgan fingerprint density at radius 3 is 2.46 bits per heavy atom. The average Bonchev–Trinajstić information content (AvgIpc) is 2.61. The number of rotatable bonds is 4. The molecular weight excluding hydrogens is 338 g/mol. The maximum Gasteiger partial charge on any atom is 0.275 e. The van der Waals surface area contributed by atoms with Gasteiger partial charge in [0.15, 0.2) is 0 Å². The molecule has 1 heterocycles. The van der Waals surface area contributed by atoms with E-state index in [1.54, 1.807) is 0 Å². The van der Waals surface area contributed by atoms with Gasteiger partial charge in [-0.25, -0.2) is 18.7 Å². The Hall–Kier alpha value is -3.35. The molecule has 0 saturated heterocycles. The molecule has 2 N–H and O–H groups in total. The van der Waals surface area contributed by atoms with Crippen molar-refractivity contribution in [3.63, 3.8) is 0 Å². The van der Waals surface area contributed by atoms with Crippen LogP contribution in [-0.4, -0.2) is 15.9 Å². The molecule has 0 fully saturated rings.